The van der Waals surface area contributed by atoms with E-state index >= 15 is 0 Å². The maximum atomic E-state index is 12.5. The molecule has 2 heterocycles. The van der Waals surface area contributed by atoms with Crippen LogP contribution in [0.1, 0.15) is 25.7 Å². The SMILES string of the molecule is NCCNC(=O)C1CCCN(S(=O)(=O)N2CCCC2)C1. The summed E-state index contributed by atoms with van der Waals surface area (Å²) in [6.45, 7) is 2.84. The van der Waals surface area contributed by atoms with Crippen LogP contribution in [0.5, 0.6) is 0 Å². The molecule has 2 aliphatic rings. The molecule has 1 unspecified atom stereocenters. The van der Waals surface area contributed by atoms with Gasteiger partial charge in [0.15, 0.2) is 0 Å². The quantitative estimate of drug-likeness (QED) is 0.689. The molecule has 0 aliphatic carbocycles. The zero-order valence-corrected chi connectivity index (χ0v) is 12.6. The van der Waals surface area contributed by atoms with E-state index in [1.54, 1.807) is 0 Å². The second-order valence-corrected chi connectivity index (χ2v) is 7.32. The fourth-order valence-corrected chi connectivity index (χ4v) is 4.56. The van der Waals surface area contributed by atoms with Crippen molar-refractivity contribution in [3.63, 3.8) is 0 Å². The Morgan fingerprint density at radius 1 is 1.15 bits per heavy atom. The van der Waals surface area contributed by atoms with E-state index in [1.807, 2.05) is 0 Å². The van der Waals surface area contributed by atoms with Gasteiger partial charge in [-0.15, -0.1) is 0 Å². The van der Waals surface area contributed by atoms with E-state index in [4.69, 9.17) is 5.73 Å². The lowest BCUT2D eigenvalue weighted by Gasteiger charge is -2.33. The molecule has 7 nitrogen and oxygen atoms in total. The third kappa shape index (κ3) is 3.49. The summed E-state index contributed by atoms with van der Waals surface area (Å²) in [7, 11) is -3.39. The highest BCUT2D eigenvalue weighted by Crippen LogP contribution is 2.23. The van der Waals surface area contributed by atoms with Gasteiger partial charge in [0.05, 0.1) is 5.92 Å². The van der Waals surface area contributed by atoms with Gasteiger partial charge >= 0.3 is 0 Å². The number of rotatable bonds is 5. The second kappa shape index (κ2) is 6.84. The summed E-state index contributed by atoms with van der Waals surface area (Å²) >= 11 is 0. The normalized spacial score (nSPS) is 25.8. The highest BCUT2D eigenvalue weighted by atomic mass is 32.2. The van der Waals surface area contributed by atoms with E-state index in [-0.39, 0.29) is 18.4 Å². The van der Waals surface area contributed by atoms with Crippen molar-refractivity contribution < 1.29 is 13.2 Å². The molecule has 2 saturated heterocycles. The number of nitrogens with two attached hydrogens (primary N) is 1. The summed E-state index contributed by atoms with van der Waals surface area (Å²) in [6, 6.07) is 0. The lowest BCUT2D eigenvalue weighted by Crippen LogP contribution is -2.50. The Labute approximate surface area is 120 Å². The fourth-order valence-electron chi connectivity index (χ4n) is 2.79. The second-order valence-electron chi connectivity index (χ2n) is 5.39. The molecule has 0 bridgehead atoms. The molecule has 2 aliphatic heterocycles. The highest BCUT2D eigenvalue weighted by molar-refractivity contribution is 7.86. The summed E-state index contributed by atoms with van der Waals surface area (Å²) in [5, 5.41) is 2.74. The topological polar surface area (TPSA) is 95.7 Å². The molecule has 2 rings (SSSR count). The molecule has 8 heteroatoms. The third-order valence-corrected chi connectivity index (χ3v) is 5.92. The minimum Gasteiger partial charge on any atom is -0.355 e. The Bertz CT molecular complexity index is 434. The van der Waals surface area contributed by atoms with Crippen LogP contribution in [0.4, 0.5) is 0 Å². The number of amides is 1. The summed E-state index contributed by atoms with van der Waals surface area (Å²) in [4.78, 5) is 11.9. The Kier molecular flexibility index (Phi) is 5.36. The zero-order chi connectivity index (χ0) is 14.6. The maximum absolute atomic E-state index is 12.5. The molecule has 0 saturated carbocycles. The monoisotopic (exact) mass is 304 g/mol. The first-order valence-corrected chi connectivity index (χ1v) is 8.68. The third-order valence-electron chi connectivity index (χ3n) is 3.92. The largest absolute Gasteiger partial charge is 0.355 e. The van der Waals surface area contributed by atoms with Crippen molar-refractivity contribution in [1.29, 1.82) is 0 Å². The van der Waals surface area contributed by atoms with Gasteiger partial charge in [-0.25, -0.2) is 0 Å². The van der Waals surface area contributed by atoms with Gasteiger partial charge < -0.3 is 11.1 Å². The van der Waals surface area contributed by atoms with Crippen molar-refractivity contribution >= 4 is 16.1 Å². The van der Waals surface area contributed by atoms with Gasteiger partial charge in [0.1, 0.15) is 0 Å². The van der Waals surface area contributed by atoms with Gasteiger partial charge in [0.2, 0.25) is 5.91 Å². The van der Waals surface area contributed by atoms with E-state index in [1.165, 1.54) is 8.61 Å². The molecule has 0 aromatic heterocycles. The number of carbonyl (C=O) groups excluding carboxylic acids is 1. The van der Waals surface area contributed by atoms with Crippen LogP contribution >= 0.6 is 0 Å². The van der Waals surface area contributed by atoms with E-state index in [0.717, 1.165) is 25.7 Å². The number of piperidine rings is 1. The van der Waals surface area contributed by atoms with Crippen molar-refractivity contribution in [1.82, 2.24) is 13.9 Å². The van der Waals surface area contributed by atoms with Gasteiger partial charge in [-0.2, -0.15) is 17.0 Å². The van der Waals surface area contributed by atoms with Gasteiger partial charge in [0.25, 0.3) is 10.2 Å². The number of hydrogen-bond acceptors (Lipinski definition) is 4. The Morgan fingerprint density at radius 2 is 1.80 bits per heavy atom. The van der Waals surface area contributed by atoms with E-state index < -0.39 is 10.2 Å². The molecule has 20 heavy (non-hydrogen) atoms. The zero-order valence-electron chi connectivity index (χ0n) is 11.8. The van der Waals surface area contributed by atoms with Crippen LogP contribution in [0.2, 0.25) is 0 Å². The molecule has 1 amide bonds. The standard InChI is InChI=1S/C12H24N4O3S/c13-5-6-14-12(17)11-4-3-9-16(10-11)20(18,19)15-7-1-2-8-15/h11H,1-10,13H2,(H,14,17). The fraction of sp³-hybridized carbons (Fsp3) is 0.917. The smallest absolute Gasteiger partial charge is 0.281 e. The van der Waals surface area contributed by atoms with Crippen molar-refractivity contribution in [3.8, 4) is 0 Å². The molecule has 0 radical (unpaired) electrons. The van der Waals surface area contributed by atoms with Crippen LogP contribution in [-0.2, 0) is 15.0 Å². The minimum absolute atomic E-state index is 0.0863. The first kappa shape index (κ1) is 15.7. The Morgan fingerprint density at radius 3 is 2.45 bits per heavy atom. The van der Waals surface area contributed by atoms with E-state index in [9.17, 15) is 13.2 Å². The molecule has 1 atom stereocenters. The molecule has 0 aromatic carbocycles. The molecular weight excluding hydrogens is 280 g/mol. The highest BCUT2D eigenvalue weighted by Gasteiger charge is 2.36. The van der Waals surface area contributed by atoms with E-state index in [0.29, 0.717) is 32.7 Å². The van der Waals surface area contributed by atoms with Crippen LogP contribution in [0.15, 0.2) is 0 Å². The van der Waals surface area contributed by atoms with Crippen LogP contribution in [0.25, 0.3) is 0 Å². The number of nitrogens with one attached hydrogen (secondary N) is 1. The van der Waals surface area contributed by atoms with Crippen molar-refractivity contribution in [2.45, 2.75) is 25.7 Å². The predicted molar refractivity (Wildman–Crippen MR) is 76.1 cm³/mol. The average molecular weight is 304 g/mol. The number of nitrogens with zero attached hydrogens (tertiary/aromatic N) is 2. The first-order chi connectivity index (χ1) is 9.55. The lowest BCUT2D eigenvalue weighted by molar-refractivity contribution is -0.126. The molecular formula is C12H24N4O3S. The van der Waals surface area contributed by atoms with Crippen molar-refractivity contribution in [2.24, 2.45) is 11.7 Å². The minimum atomic E-state index is -3.39. The predicted octanol–water partition coefficient (Wildman–Crippen LogP) is -0.886. The summed E-state index contributed by atoms with van der Waals surface area (Å²) in [6.07, 6.45) is 3.32. The van der Waals surface area contributed by atoms with Gasteiger partial charge in [-0.05, 0) is 25.7 Å². The molecule has 2 fully saturated rings. The van der Waals surface area contributed by atoms with Crippen LogP contribution in [0, 0.1) is 5.92 Å². The van der Waals surface area contributed by atoms with Crippen molar-refractivity contribution in [2.75, 3.05) is 39.3 Å². The molecule has 116 valence electrons. The van der Waals surface area contributed by atoms with Crippen LogP contribution in [0.3, 0.4) is 0 Å². The average Bonchev–Trinajstić information content (AvgIpc) is 2.99. The molecule has 0 spiro atoms. The Hall–Kier alpha value is -0.700. The van der Waals surface area contributed by atoms with Crippen LogP contribution in [-0.4, -0.2) is 62.2 Å². The first-order valence-electron chi connectivity index (χ1n) is 7.28. The number of hydrogen-bond donors (Lipinski definition) is 2. The van der Waals surface area contributed by atoms with E-state index in [2.05, 4.69) is 5.32 Å². The van der Waals surface area contributed by atoms with Crippen LogP contribution < -0.4 is 11.1 Å². The maximum Gasteiger partial charge on any atom is 0.281 e. The van der Waals surface area contributed by atoms with Crippen molar-refractivity contribution in [3.05, 3.63) is 0 Å². The number of carbonyl (C=O) groups is 1. The summed E-state index contributed by atoms with van der Waals surface area (Å²) in [5.41, 5.74) is 5.36. The molecule has 3 N–H and O–H groups in total. The van der Waals surface area contributed by atoms with Gasteiger partial charge in [-0.1, -0.05) is 0 Å². The Balaban J connectivity index is 1.97. The summed E-state index contributed by atoms with van der Waals surface area (Å²) in [5.74, 6) is -0.343. The molecule has 0 aromatic rings. The lowest BCUT2D eigenvalue weighted by atomic mass is 9.99. The van der Waals surface area contributed by atoms with Gasteiger partial charge in [-0.3, -0.25) is 4.79 Å². The van der Waals surface area contributed by atoms with Gasteiger partial charge in [0, 0.05) is 39.3 Å². The summed E-state index contributed by atoms with van der Waals surface area (Å²) < 4.78 is 27.9.